The number of anilines is 5. The molecular formula is C29H33N5O4. The minimum absolute atomic E-state index is 0.0650. The standard InChI is InChI=1S/C29H33N5O4/c1-4-38-26-15-18(28(36)31-19-10-12-20(35)13-11-19)9-14-22(26)32-27-16-24-25(17-30-27)34(3)29(37)21-7-5-6-8-23(21)33(24)2/h5-9,14-17,19-20,35H,4,10-13H2,1-3H3,(H,30,32)(H,31,36)/t19-,20+. The van der Waals surface area contributed by atoms with Gasteiger partial charge in [0.15, 0.2) is 0 Å². The van der Waals surface area contributed by atoms with Crippen LogP contribution >= 0.6 is 0 Å². The lowest BCUT2D eigenvalue weighted by Crippen LogP contribution is -2.38. The summed E-state index contributed by atoms with van der Waals surface area (Å²) in [6, 6.07) is 14.8. The first kappa shape index (κ1) is 25.5. The van der Waals surface area contributed by atoms with Crippen molar-refractivity contribution in [3.8, 4) is 5.75 Å². The van der Waals surface area contributed by atoms with E-state index in [-0.39, 0.29) is 24.0 Å². The van der Waals surface area contributed by atoms with Crippen LogP contribution in [-0.4, -0.2) is 54.8 Å². The van der Waals surface area contributed by atoms with Gasteiger partial charge in [0.2, 0.25) is 0 Å². The molecule has 1 aliphatic carbocycles. The smallest absolute Gasteiger partial charge is 0.260 e. The van der Waals surface area contributed by atoms with Crippen molar-refractivity contribution in [2.24, 2.45) is 0 Å². The first-order valence-corrected chi connectivity index (χ1v) is 13.0. The van der Waals surface area contributed by atoms with Gasteiger partial charge in [0.25, 0.3) is 11.8 Å². The van der Waals surface area contributed by atoms with Crippen molar-refractivity contribution in [1.82, 2.24) is 10.3 Å². The fourth-order valence-corrected chi connectivity index (χ4v) is 5.07. The van der Waals surface area contributed by atoms with E-state index >= 15 is 0 Å². The summed E-state index contributed by atoms with van der Waals surface area (Å²) < 4.78 is 5.87. The average Bonchev–Trinajstić information content (AvgIpc) is 3.00. The fourth-order valence-electron chi connectivity index (χ4n) is 5.07. The highest BCUT2D eigenvalue weighted by atomic mass is 16.5. The summed E-state index contributed by atoms with van der Waals surface area (Å²) in [5, 5.41) is 16.1. The Morgan fingerprint density at radius 2 is 1.79 bits per heavy atom. The Kier molecular flexibility index (Phi) is 7.20. The zero-order valence-corrected chi connectivity index (χ0v) is 21.9. The first-order chi connectivity index (χ1) is 18.4. The summed E-state index contributed by atoms with van der Waals surface area (Å²) in [5.74, 6) is 0.873. The minimum atomic E-state index is -0.268. The third-order valence-corrected chi connectivity index (χ3v) is 7.22. The number of rotatable bonds is 6. The molecule has 0 radical (unpaired) electrons. The van der Waals surface area contributed by atoms with E-state index in [4.69, 9.17) is 4.74 Å². The van der Waals surface area contributed by atoms with Crippen LogP contribution in [0.25, 0.3) is 0 Å². The van der Waals surface area contributed by atoms with Crippen LogP contribution in [0.2, 0.25) is 0 Å². The predicted octanol–water partition coefficient (Wildman–Crippen LogP) is 4.62. The summed E-state index contributed by atoms with van der Waals surface area (Å²) in [6.07, 6.45) is 4.37. The van der Waals surface area contributed by atoms with Crippen LogP contribution in [0.3, 0.4) is 0 Å². The summed E-state index contributed by atoms with van der Waals surface area (Å²) in [7, 11) is 3.68. The first-order valence-electron chi connectivity index (χ1n) is 13.0. The lowest BCUT2D eigenvalue weighted by molar-refractivity contribution is 0.0867. The van der Waals surface area contributed by atoms with Crippen molar-refractivity contribution in [3.05, 3.63) is 65.9 Å². The van der Waals surface area contributed by atoms with Crippen LogP contribution in [0, 0.1) is 0 Å². The topological polar surface area (TPSA) is 107 Å². The number of aliphatic hydroxyl groups excluding tert-OH is 1. The van der Waals surface area contributed by atoms with Crippen molar-refractivity contribution < 1.29 is 19.4 Å². The van der Waals surface area contributed by atoms with Gasteiger partial charge in [0.1, 0.15) is 11.6 Å². The molecule has 3 N–H and O–H groups in total. The third-order valence-electron chi connectivity index (χ3n) is 7.22. The molecule has 1 aromatic heterocycles. The molecule has 2 amide bonds. The van der Waals surface area contributed by atoms with Crippen LogP contribution in [0.15, 0.2) is 54.7 Å². The Balaban J connectivity index is 1.40. The Bertz CT molecular complexity index is 1350. The van der Waals surface area contributed by atoms with E-state index < -0.39 is 0 Å². The quantitative estimate of drug-likeness (QED) is 0.440. The normalized spacial score (nSPS) is 18.8. The van der Waals surface area contributed by atoms with E-state index in [9.17, 15) is 14.7 Å². The van der Waals surface area contributed by atoms with E-state index in [1.807, 2.05) is 55.3 Å². The molecule has 9 nitrogen and oxygen atoms in total. The van der Waals surface area contributed by atoms with E-state index in [2.05, 4.69) is 15.6 Å². The van der Waals surface area contributed by atoms with Crippen molar-refractivity contribution >= 4 is 40.4 Å². The number of pyridine rings is 1. The Morgan fingerprint density at radius 1 is 1.03 bits per heavy atom. The number of benzene rings is 2. The highest BCUT2D eigenvalue weighted by Crippen LogP contribution is 2.40. The van der Waals surface area contributed by atoms with Gasteiger partial charge in [0, 0.05) is 31.8 Å². The van der Waals surface area contributed by atoms with Crippen LogP contribution in [0.4, 0.5) is 28.6 Å². The summed E-state index contributed by atoms with van der Waals surface area (Å²) in [4.78, 5) is 34.1. The van der Waals surface area contributed by atoms with Gasteiger partial charge in [-0.15, -0.1) is 0 Å². The second kappa shape index (κ2) is 10.7. The number of fused-ring (bicyclic) bond motifs is 2. The zero-order valence-electron chi connectivity index (χ0n) is 21.9. The number of para-hydroxylation sites is 1. The van der Waals surface area contributed by atoms with Gasteiger partial charge in [-0.2, -0.15) is 0 Å². The number of amides is 2. The Labute approximate surface area is 222 Å². The van der Waals surface area contributed by atoms with E-state index in [1.54, 1.807) is 30.3 Å². The number of hydrogen-bond acceptors (Lipinski definition) is 7. The number of ether oxygens (including phenoxy) is 1. The number of hydrogen-bond donors (Lipinski definition) is 3. The molecule has 9 heteroatoms. The third kappa shape index (κ3) is 5.02. The van der Waals surface area contributed by atoms with Gasteiger partial charge in [-0.3, -0.25) is 9.59 Å². The van der Waals surface area contributed by atoms with Crippen LogP contribution in [0.1, 0.15) is 53.3 Å². The van der Waals surface area contributed by atoms with Gasteiger partial charge in [0.05, 0.1) is 47.2 Å². The van der Waals surface area contributed by atoms with Gasteiger partial charge >= 0.3 is 0 Å². The SMILES string of the molecule is CCOc1cc(C(=O)N[C@H]2CC[C@@H](O)CC2)ccc1Nc1cc2c(cn1)N(C)C(=O)c1ccccc1N2C. The number of nitrogens with one attached hydrogen (secondary N) is 2. The molecule has 0 bridgehead atoms. The summed E-state index contributed by atoms with van der Waals surface area (Å²) >= 11 is 0. The largest absolute Gasteiger partial charge is 0.492 e. The summed E-state index contributed by atoms with van der Waals surface area (Å²) in [5.41, 5.74) is 4.16. The predicted molar refractivity (Wildman–Crippen MR) is 148 cm³/mol. The second-order valence-corrected chi connectivity index (χ2v) is 9.75. The lowest BCUT2D eigenvalue weighted by Gasteiger charge is -2.26. The van der Waals surface area contributed by atoms with E-state index in [0.29, 0.717) is 53.5 Å². The highest BCUT2D eigenvalue weighted by molar-refractivity contribution is 6.13. The Morgan fingerprint density at radius 3 is 2.55 bits per heavy atom. The van der Waals surface area contributed by atoms with Crippen LogP contribution in [0.5, 0.6) is 5.75 Å². The van der Waals surface area contributed by atoms with Crippen LogP contribution < -0.4 is 25.2 Å². The lowest BCUT2D eigenvalue weighted by atomic mass is 9.93. The number of aliphatic hydroxyl groups is 1. The molecule has 2 aliphatic rings. The molecule has 2 heterocycles. The Hall–Kier alpha value is -4.11. The number of nitrogens with zero attached hydrogens (tertiary/aromatic N) is 3. The monoisotopic (exact) mass is 515 g/mol. The maximum absolute atomic E-state index is 13.1. The molecule has 1 fully saturated rings. The van der Waals surface area contributed by atoms with Crippen molar-refractivity contribution in [3.63, 3.8) is 0 Å². The van der Waals surface area contributed by atoms with Gasteiger partial charge in [-0.1, -0.05) is 12.1 Å². The van der Waals surface area contributed by atoms with Crippen molar-refractivity contribution in [1.29, 1.82) is 0 Å². The highest BCUT2D eigenvalue weighted by Gasteiger charge is 2.28. The molecule has 198 valence electrons. The van der Waals surface area contributed by atoms with Crippen molar-refractivity contribution in [2.45, 2.75) is 44.8 Å². The number of carbonyl (C=O) groups is 2. The molecule has 2 aromatic carbocycles. The molecule has 0 spiro atoms. The second-order valence-electron chi connectivity index (χ2n) is 9.75. The molecule has 38 heavy (non-hydrogen) atoms. The van der Waals surface area contributed by atoms with E-state index in [1.165, 1.54) is 0 Å². The molecule has 0 saturated heterocycles. The maximum atomic E-state index is 13.1. The van der Waals surface area contributed by atoms with Gasteiger partial charge in [-0.25, -0.2) is 4.98 Å². The zero-order chi connectivity index (χ0) is 26.8. The molecule has 3 aromatic rings. The van der Waals surface area contributed by atoms with E-state index in [0.717, 1.165) is 24.2 Å². The minimum Gasteiger partial charge on any atom is -0.492 e. The average molecular weight is 516 g/mol. The molecular weight excluding hydrogens is 482 g/mol. The molecule has 5 rings (SSSR count). The van der Waals surface area contributed by atoms with Crippen LogP contribution in [-0.2, 0) is 0 Å². The van der Waals surface area contributed by atoms with Gasteiger partial charge < -0.3 is 30.3 Å². The molecule has 0 atom stereocenters. The summed E-state index contributed by atoms with van der Waals surface area (Å²) in [6.45, 7) is 2.33. The maximum Gasteiger partial charge on any atom is 0.260 e. The van der Waals surface area contributed by atoms with Crippen molar-refractivity contribution in [2.75, 3.05) is 35.8 Å². The van der Waals surface area contributed by atoms with Gasteiger partial charge in [-0.05, 0) is 62.9 Å². The number of carbonyl (C=O) groups excluding carboxylic acids is 2. The molecule has 1 aliphatic heterocycles. The molecule has 0 unspecified atom stereocenters. The number of aromatic nitrogens is 1. The molecule has 1 saturated carbocycles. The fraction of sp³-hybridized carbons (Fsp3) is 0.345.